The maximum absolute atomic E-state index is 12.8. The molecule has 2 heterocycles. The van der Waals surface area contributed by atoms with E-state index in [4.69, 9.17) is 4.74 Å². The summed E-state index contributed by atoms with van der Waals surface area (Å²) in [5.74, 6) is 1.39. The Morgan fingerprint density at radius 3 is 2.56 bits per heavy atom. The summed E-state index contributed by atoms with van der Waals surface area (Å²) >= 11 is 1.34. The van der Waals surface area contributed by atoms with Gasteiger partial charge in [-0.15, -0.1) is 10.2 Å². The van der Waals surface area contributed by atoms with Crippen LogP contribution >= 0.6 is 11.3 Å². The summed E-state index contributed by atoms with van der Waals surface area (Å²) in [5.41, 5.74) is 1.72. The summed E-state index contributed by atoms with van der Waals surface area (Å²) in [6, 6.07) is 17.3. The number of thiazole rings is 1. The predicted octanol–water partition coefficient (Wildman–Crippen LogP) is 2.76. The number of rotatable bonds is 4. The van der Waals surface area contributed by atoms with Crippen molar-refractivity contribution in [2.45, 2.75) is 6.92 Å². The van der Waals surface area contributed by atoms with Crippen LogP contribution < -0.4 is 14.8 Å². The van der Waals surface area contributed by atoms with E-state index >= 15 is 0 Å². The third-order valence-electron chi connectivity index (χ3n) is 3.77. The van der Waals surface area contributed by atoms with Crippen LogP contribution in [0.2, 0.25) is 0 Å². The summed E-state index contributed by atoms with van der Waals surface area (Å²) in [7, 11) is 0. The molecule has 0 N–H and O–H groups in total. The molecule has 0 aliphatic heterocycles. The highest BCUT2D eigenvalue weighted by molar-refractivity contribution is 7.15. The number of benzene rings is 2. The Hall–Kier alpha value is -2.99. The second-order valence-electron chi connectivity index (χ2n) is 5.43. The van der Waals surface area contributed by atoms with E-state index < -0.39 is 0 Å². The van der Waals surface area contributed by atoms with Gasteiger partial charge in [0, 0.05) is 5.56 Å². The molecule has 0 saturated heterocycles. The van der Waals surface area contributed by atoms with Gasteiger partial charge in [0.25, 0.3) is 5.56 Å². The highest BCUT2D eigenvalue weighted by Gasteiger charge is 2.13. The number of hydrogen-bond acceptors (Lipinski definition) is 5. The first-order valence-corrected chi connectivity index (χ1v) is 8.76. The van der Waals surface area contributed by atoms with Crippen LogP contribution in [0.25, 0.3) is 22.4 Å². The zero-order valence-electron chi connectivity index (χ0n) is 13.5. The average Bonchev–Trinajstić information content (AvgIpc) is 3.19. The van der Waals surface area contributed by atoms with E-state index in [0.29, 0.717) is 21.9 Å². The fourth-order valence-corrected chi connectivity index (χ4v) is 3.53. The number of nitrogens with zero attached hydrogens (tertiary/aromatic N) is 3. The number of ether oxygens (including phenoxy) is 1. The number of aromatic nitrogens is 3. The molecule has 0 fully saturated rings. The fourth-order valence-electron chi connectivity index (χ4n) is 2.62. The summed E-state index contributed by atoms with van der Waals surface area (Å²) < 4.78 is 7.64. The van der Waals surface area contributed by atoms with Crippen molar-refractivity contribution in [2.24, 2.45) is 0 Å². The highest BCUT2D eigenvalue weighted by Crippen LogP contribution is 2.17. The normalized spacial score (nSPS) is 12.0. The van der Waals surface area contributed by atoms with Gasteiger partial charge in [0.1, 0.15) is 5.75 Å². The van der Waals surface area contributed by atoms with Gasteiger partial charge < -0.3 is 4.74 Å². The Kier molecular flexibility index (Phi) is 4.03. The molecule has 6 heteroatoms. The Morgan fingerprint density at radius 2 is 1.84 bits per heavy atom. The van der Waals surface area contributed by atoms with E-state index in [1.54, 1.807) is 4.40 Å². The third kappa shape index (κ3) is 2.92. The summed E-state index contributed by atoms with van der Waals surface area (Å²) in [6.45, 7) is 2.58. The molecule has 0 aliphatic carbocycles. The summed E-state index contributed by atoms with van der Waals surface area (Å²) in [6.07, 6.45) is 1.87. The lowest BCUT2D eigenvalue weighted by Gasteiger charge is -2.01. The molecule has 124 valence electrons. The zero-order valence-corrected chi connectivity index (χ0v) is 14.4. The molecule has 5 nitrogen and oxygen atoms in total. The molecule has 0 atom stereocenters. The van der Waals surface area contributed by atoms with Crippen LogP contribution in [0.4, 0.5) is 0 Å². The van der Waals surface area contributed by atoms with Crippen molar-refractivity contribution in [1.29, 1.82) is 0 Å². The first-order valence-electron chi connectivity index (χ1n) is 7.94. The van der Waals surface area contributed by atoms with Crippen LogP contribution in [0.5, 0.6) is 5.75 Å². The summed E-state index contributed by atoms with van der Waals surface area (Å²) in [4.78, 5) is 13.4. The van der Waals surface area contributed by atoms with Crippen LogP contribution in [-0.2, 0) is 0 Å². The van der Waals surface area contributed by atoms with Gasteiger partial charge in [-0.05, 0) is 30.7 Å². The number of hydrogen-bond donors (Lipinski definition) is 0. The third-order valence-corrected chi connectivity index (χ3v) is 4.73. The van der Waals surface area contributed by atoms with E-state index in [0.717, 1.165) is 16.9 Å². The van der Waals surface area contributed by atoms with Crippen molar-refractivity contribution in [3.8, 4) is 17.1 Å². The topological polar surface area (TPSA) is 56.5 Å². The lowest BCUT2D eigenvalue weighted by atomic mass is 10.2. The van der Waals surface area contributed by atoms with Gasteiger partial charge in [-0.1, -0.05) is 53.8 Å². The first kappa shape index (κ1) is 15.5. The lowest BCUT2D eigenvalue weighted by Crippen LogP contribution is -2.23. The van der Waals surface area contributed by atoms with E-state index in [-0.39, 0.29) is 5.56 Å². The first-order chi connectivity index (χ1) is 12.3. The van der Waals surface area contributed by atoms with Crippen molar-refractivity contribution in [3.05, 3.63) is 75.0 Å². The van der Waals surface area contributed by atoms with Crippen LogP contribution in [-0.4, -0.2) is 21.2 Å². The fraction of sp³-hybridized carbons (Fsp3) is 0.105. The quantitative estimate of drug-likeness (QED) is 0.568. The van der Waals surface area contributed by atoms with Gasteiger partial charge in [0.05, 0.1) is 11.1 Å². The Morgan fingerprint density at radius 1 is 1.08 bits per heavy atom. The molecule has 0 radical (unpaired) electrons. The van der Waals surface area contributed by atoms with E-state index in [1.807, 2.05) is 67.6 Å². The molecule has 0 spiro atoms. The lowest BCUT2D eigenvalue weighted by molar-refractivity contribution is 0.340. The molecule has 0 aliphatic rings. The van der Waals surface area contributed by atoms with Crippen molar-refractivity contribution >= 4 is 22.4 Å². The van der Waals surface area contributed by atoms with Gasteiger partial charge in [0.2, 0.25) is 4.96 Å². The zero-order chi connectivity index (χ0) is 17.2. The second-order valence-corrected chi connectivity index (χ2v) is 6.43. The monoisotopic (exact) mass is 349 g/mol. The molecule has 4 rings (SSSR count). The SMILES string of the molecule is CCOc1ccc(/C=c2/sc3nnc(-c4ccccc4)n3c2=O)cc1. The number of fused-ring (bicyclic) bond motifs is 1. The van der Waals surface area contributed by atoms with Gasteiger partial charge >= 0.3 is 0 Å². The standard InChI is InChI=1S/C19H15N3O2S/c1-2-24-15-10-8-13(9-11-15)12-16-18(23)22-17(20-21-19(22)25-16)14-6-4-3-5-7-14/h3-12H,2H2,1H3/b16-12+. The van der Waals surface area contributed by atoms with E-state index in [9.17, 15) is 4.79 Å². The minimum absolute atomic E-state index is 0.0993. The van der Waals surface area contributed by atoms with Crippen LogP contribution in [0.3, 0.4) is 0 Å². The summed E-state index contributed by atoms with van der Waals surface area (Å²) in [5, 5.41) is 8.31. The van der Waals surface area contributed by atoms with Crippen LogP contribution in [0.1, 0.15) is 12.5 Å². The molecule has 0 amide bonds. The molecule has 2 aromatic carbocycles. The van der Waals surface area contributed by atoms with Gasteiger partial charge in [-0.25, -0.2) is 4.40 Å². The minimum Gasteiger partial charge on any atom is -0.494 e. The minimum atomic E-state index is -0.0993. The molecular formula is C19H15N3O2S. The molecule has 2 aromatic heterocycles. The Bertz CT molecular complexity index is 1120. The van der Waals surface area contributed by atoms with Gasteiger partial charge in [0.15, 0.2) is 5.82 Å². The Labute approximate surface area is 147 Å². The van der Waals surface area contributed by atoms with Crippen LogP contribution in [0.15, 0.2) is 59.4 Å². The highest BCUT2D eigenvalue weighted by atomic mass is 32.1. The average molecular weight is 349 g/mol. The van der Waals surface area contributed by atoms with Crippen molar-refractivity contribution in [3.63, 3.8) is 0 Å². The maximum Gasteiger partial charge on any atom is 0.276 e. The van der Waals surface area contributed by atoms with E-state index in [2.05, 4.69) is 10.2 Å². The molecular weight excluding hydrogens is 334 g/mol. The Balaban J connectivity index is 1.80. The largest absolute Gasteiger partial charge is 0.494 e. The van der Waals surface area contributed by atoms with Crippen LogP contribution in [0, 0.1) is 0 Å². The molecule has 0 bridgehead atoms. The van der Waals surface area contributed by atoms with Crippen molar-refractivity contribution < 1.29 is 4.74 Å². The van der Waals surface area contributed by atoms with Gasteiger partial charge in [-0.3, -0.25) is 4.79 Å². The molecule has 4 aromatic rings. The van der Waals surface area contributed by atoms with E-state index in [1.165, 1.54) is 11.3 Å². The van der Waals surface area contributed by atoms with Gasteiger partial charge in [-0.2, -0.15) is 0 Å². The molecule has 25 heavy (non-hydrogen) atoms. The molecule has 0 unspecified atom stereocenters. The maximum atomic E-state index is 12.8. The van der Waals surface area contributed by atoms with Crippen molar-refractivity contribution in [2.75, 3.05) is 6.61 Å². The van der Waals surface area contributed by atoms with Crippen molar-refractivity contribution in [1.82, 2.24) is 14.6 Å². The molecule has 0 saturated carbocycles. The predicted molar refractivity (Wildman–Crippen MR) is 99.0 cm³/mol. The second kappa shape index (κ2) is 6.49. The smallest absolute Gasteiger partial charge is 0.276 e.